The first-order chi connectivity index (χ1) is 10.6. The van der Waals surface area contributed by atoms with Gasteiger partial charge in [0, 0.05) is 18.8 Å². The van der Waals surface area contributed by atoms with Gasteiger partial charge < -0.3 is 10.1 Å². The molecule has 1 amide bonds. The lowest BCUT2D eigenvalue weighted by Crippen LogP contribution is -2.43. The van der Waals surface area contributed by atoms with Crippen LogP contribution in [0.25, 0.3) is 0 Å². The first-order valence-electron chi connectivity index (χ1n) is 6.64. The maximum Gasteiger partial charge on any atom is 0.328 e. The molecular formula is C16H15FN2O3. The highest BCUT2D eigenvalue weighted by atomic mass is 19.1. The Labute approximate surface area is 127 Å². The topological polar surface area (TPSA) is 68.3 Å². The number of esters is 1. The first-order valence-corrected chi connectivity index (χ1v) is 6.64. The molecule has 0 fully saturated rings. The zero-order chi connectivity index (χ0) is 15.9. The number of carbonyl (C=O) groups excluding carboxylic acids is 2. The van der Waals surface area contributed by atoms with Crippen LogP contribution >= 0.6 is 0 Å². The van der Waals surface area contributed by atoms with Crippen molar-refractivity contribution in [1.29, 1.82) is 0 Å². The Bertz CT molecular complexity index is 661. The van der Waals surface area contributed by atoms with Gasteiger partial charge in [0.05, 0.1) is 12.7 Å². The van der Waals surface area contributed by atoms with Crippen LogP contribution < -0.4 is 5.32 Å². The highest BCUT2D eigenvalue weighted by molar-refractivity contribution is 5.96. The van der Waals surface area contributed by atoms with Crippen LogP contribution in [0, 0.1) is 5.82 Å². The standard InChI is InChI=1S/C16H15FN2O3/c1-22-16(21)14(9-11-5-2-3-7-13(11)17)19-15(20)12-6-4-8-18-10-12/h2-8,10,14H,9H2,1H3,(H,19,20)/t14-/m0/s1. The van der Waals surface area contributed by atoms with E-state index in [0.717, 1.165) is 0 Å². The first kappa shape index (κ1) is 15.6. The van der Waals surface area contributed by atoms with E-state index in [0.29, 0.717) is 11.1 Å². The van der Waals surface area contributed by atoms with E-state index in [1.807, 2.05) is 0 Å². The SMILES string of the molecule is COC(=O)[C@H](Cc1ccccc1F)NC(=O)c1cccnc1. The van der Waals surface area contributed by atoms with Crippen molar-refractivity contribution in [3.8, 4) is 0 Å². The zero-order valence-electron chi connectivity index (χ0n) is 12.0. The fourth-order valence-electron chi connectivity index (χ4n) is 1.96. The summed E-state index contributed by atoms with van der Waals surface area (Å²) in [5.41, 5.74) is 0.634. The molecule has 0 unspecified atom stereocenters. The molecule has 0 saturated carbocycles. The third-order valence-electron chi connectivity index (χ3n) is 3.10. The Hall–Kier alpha value is -2.76. The number of nitrogens with one attached hydrogen (secondary N) is 1. The highest BCUT2D eigenvalue weighted by Gasteiger charge is 2.23. The largest absolute Gasteiger partial charge is 0.467 e. The van der Waals surface area contributed by atoms with Crippen molar-refractivity contribution >= 4 is 11.9 Å². The number of hydrogen-bond acceptors (Lipinski definition) is 4. The summed E-state index contributed by atoms with van der Waals surface area (Å²) in [5, 5.41) is 2.54. The smallest absolute Gasteiger partial charge is 0.328 e. The van der Waals surface area contributed by atoms with E-state index in [2.05, 4.69) is 15.0 Å². The third-order valence-corrected chi connectivity index (χ3v) is 3.10. The fourth-order valence-corrected chi connectivity index (χ4v) is 1.96. The summed E-state index contributed by atoms with van der Waals surface area (Å²) in [6.45, 7) is 0. The van der Waals surface area contributed by atoms with Gasteiger partial charge in [-0.1, -0.05) is 18.2 Å². The fraction of sp³-hybridized carbons (Fsp3) is 0.188. The second-order valence-corrected chi connectivity index (χ2v) is 4.59. The molecule has 1 N–H and O–H groups in total. The molecule has 0 aliphatic heterocycles. The second-order valence-electron chi connectivity index (χ2n) is 4.59. The normalized spacial score (nSPS) is 11.5. The summed E-state index contributed by atoms with van der Waals surface area (Å²) in [4.78, 5) is 27.8. The van der Waals surface area contributed by atoms with Crippen LogP contribution in [0.2, 0.25) is 0 Å². The van der Waals surface area contributed by atoms with Crippen LogP contribution in [0.15, 0.2) is 48.8 Å². The minimum atomic E-state index is -0.977. The summed E-state index contributed by atoms with van der Waals surface area (Å²) in [7, 11) is 1.22. The van der Waals surface area contributed by atoms with Crippen molar-refractivity contribution in [3.05, 3.63) is 65.7 Å². The molecule has 22 heavy (non-hydrogen) atoms. The number of ether oxygens (including phenoxy) is 1. The van der Waals surface area contributed by atoms with E-state index >= 15 is 0 Å². The van der Waals surface area contributed by atoms with Crippen LogP contribution in [0.1, 0.15) is 15.9 Å². The minimum absolute atomic E-state index is 0.00531. The maximum atomic E-state index is 13.7. The minimum Gasteiger partial charge on any atom is -0.467 e. The van der Waals surface area contributed by atoms with Gasteiger partial charge in [-0.15, -0.1) is 0 Å². The zero-order valence-corrected chi connectivity index (χ0v) is 12.0. The number of aromatic nitrogens is 1. The molecule has 0 aliphatic carbocycles. The van der Waals surface area contributed by atoms with Gasteiger partial charge in [0.25, 0.3) is 5.91 Å². The Kier molecular flexibility index (Phi) is 5.19. The van der Waals surface area contributed by atoms with Crippen molar-refractivity contribution in [3.63, 3.8) is 0 Å². The Morgan fingerprint density at radius 1 is 1.27 bits per heavy atom. The molecule has 1 atom stereocenters. The summed E-state index contributed by atoms with van der Waals surface area (Å²) in [5.74, 6) is -1.55. The van der Waals surface area contributed by atoms with Gasteiger partial charge in [-0.3, -0.25) is 9.78 Å². The van der Waals surface area contributed by atoms with Gasteiger partial charge in [-0.2, -0.15) is 0 Å². The molecule has 0 aliphatic rings. The molecule has 1 heterocycles. The van der Waals surface area contributed by atoms with Crippen LogP contribution in [0.5, 0.6) is 0 Å². The summed E-state index contributed by atoms with van der Waals surface area (Å²) >= 11 is 0. The molecule has 0 spiro atoms. The number of halogens is 1. The quantitative estimate of drug-likeness (QED) is 0.854. The number of rotatable bonds is 5. The van der Waals surface area contributed by atoms with Gasteiger partial charge in [0.1, 0.15) is 11.9 Å². The van der Waals surface area contributed by atoms with Crippen LogP contribution in [-0.2, 0) is 16.0 Å². The van der Waals surface area contributed by atoms with E-state index < -0.39 is 23.7 Å². The molecular weight excluding hydrogens is 287 g/mol. The van der Waals surface area contributed by atoms with Crippen LogP contribution in [0.4, 0.5) is 4.39 Å². The van der Waals surface area contributed by atoms with Crippen LogP contribution in [0.3, 0.4) is 0 Å². The highest BCUT2D eigenvalue weighted by Crippen LogP contribution is 2.10. The molecule has 0 saturated heterocycles. The van der Waals surface area contributed by atoms with Crippen molar-refractivity contribution in [2.75, 3.05) is 7.11 Å². The number of methoxy groups -OCH3 is 1. The lowest BCUT2D eigenvalue weighted by Gasteiger charge is -2.17. The molecule has 0 bridgehead atoms. The van der Waals surface area contributed by atoms with E-state index in [4.69, 9.17) is 0 Å². The monoisotopic (exact) mass is 302 g/mol. The number of amides is 1. The van der Waals surface area contributed by atoms with Crippen molar-refractivity contribution in [1.82, 2.24) is 10.3 Å². The van der Waals surface area contributed by atoms with E-state index in [1.54, 1.807) is 30.3 Å². The molecule has 5 nitrogen and oxygen atoms in total. The third kappa shape index (κ3) is 3.88. The van der Waals surface area contributed by atoms with Gasteiger partial charge in [0.15, 0.2) is 0 Å². The lowest BCUT2D eigenvalue weighted by atomic mass is 10.0. The number of carbonyl (C=O) groups is 2. The van der Waals surface area contributed by atoms with Gasteiger partial charge in [0.2, 0.25) is 0 Å². The van der Waals surface area contributed by atoms with Crippen molar-refractivity contribution < 1.29 is 18.7 Å². The van der Waals surface area contributed by atoms with E-state index in [1.165, 1.54) is 25.6 Å². The Morgan fingerprint density at radius 2 is 2.05 bits per heavy atom. The number of benzene rings is 1. The van der Waals surface area contributed by atoms with Gasteiger partial charge in [-0.05, 0) is 23.8 Å². The summed E-state index contributed by atoms with van der Waals surface area (Å²) in [6.07, 6.45) is 2.92. The molecule has 2 rings (SSSR count). The van der Waals surface area contributed by atoms with Gasteiger partial charge >= 0.3 is 5.97 Å². The average Bonchev–Trinajstić information content (AvgIpc) is 2.56. The lowest BCUT2D eigenvalue weighted by molar-refractivity contribution is -0.142. The Morgan fingerprint density at radius 3 is 2.68 bits per heavy atom. The summed E-state index contributed by atoms with van der Waals surface area (Å²) in [6, 6.07) is 8.28. The maximum absolute atomic E-state index is 13.7. The molecule has 1 aromatic heterocycles. The molecule has 114 valence electrons. The van der Waals surface area contributed by atoms with Gasteiger partial charge in [-0.25, -0.2) is 9.18 Å². The predicted octanol–water partition coefficient (Wildman–Crippen LogP) is 1.73. The molecule has 0 radical (unpaired) electrons. The average molecular weight is 302 g/mol. The predicted molar refractivity (Wildman–Crippen MR) is 77.6 cm³/mol. The van der Waals surface area contributed by atoms with Crippen molar-refractivity contribution in [2.45, 2.75) is 12.5 Å². The van der Waals surface area contributed by atoms with E-state index in [9.17, 15) is 14.0 Å². The number of pyridine rings is 1. The Balaban J connectivity index is 2.15. The van der Waals surface area contributed by atoms with E-state index in [-0.39, 0.29) is 6.42 Å². The molecule has 1 aromatic carbocycles. The molecule has 2 aromatic rings. The summed E-state index contributed by atoms with van der Waals surface area (Å²) < 4.78 is 18.4. The van der Waals surface area contributed by atoms with Crippen molar-refractivity contribution in [2.24, 2.45) is 0 Å². The van der Waals surface area contributed by atoms with Crippen LogP contribution in [-0.4, -0.2) is 30.0 Å². The number of nitrogens with zero attached hydrogens (tertiary/aromatic N) is 1. The second kappa shape index (κ2) is 7.31. The molecule has 6 heteroatoms. The number of hydrogen-bond donors (Lipinski definition) is 1.